The van der Waals surface area contributed by atoms with Gasteiger partial charge in [-0.2, -0.15) is 0 Å². The van der Waals surface area contributed by atoms with Crippen molar-refractivity contribution in [3.05, 3.63) is 29.3 Å². The van der Waals surface area contributed by atoms with Gasteiger partial charge in [-0.05, 0) is 55.9 Å². The van der Waals surface area contributed by atoms with E-state index < -0.39 is 23.5 Å². The first kappa shape index (κ1) is 17.1. The summed E-state index contributed by atoms with van der Waals surface area (Å²) in [5, 5.41) is 30.7. The Kier molecular flexibility index (Phi) is 4.26. The summed E-state index contributed by atoms with van der Waals surface area (Å²) >= 11 is 0. The van der Waals surface area contributed by atoms with Crippen LogP contribution in [0.5, 0.6) is 5.75 Å². The monoisotopic (exact) mass is 332 g/mol. The summed E-state index contributed by atoms with van der Waals surface area (Å²) < 4.78 is 0. The number of aliphatic hydroxyl groups is 2. The number of aliphatic hydroxyl groups excluding tert-OH is 2. The molecular formula is C19H24O5. The van der Waals surface area contributed by atoms with Crippen molar-refractivity contribution in [2.75, 3.05) is 0 Å². The molecule has 0 aromatic heterocycles. The van der Waals surface area contributed by atoms with Crippen molar-refractivity contribution in [2.45, 2.75) is 51.7 Å². The number of hydrogen-bond acceptors (Lipinski definition) is 5. The number of fused-ring (bicyclic) bond motifs is 1. The molecule has 2 saturated carbocycles. The van der Waals surface area contributed by atoms with E-state index in [4.69, 9.17) is 0 Å². The van der Waals surface area contributed by atoms with Crippen LogP contribution >= 0.6 is 0 Å². The van der Waals surface area contributed by atoms with Gasteiger partial charge in [0.15, 0.2) is 0 Å². The number of aryl methyl sites for hydroxylation is 1. The molecule has 3 rings (SSSR count). The van der Waals surface area contributed by atoms with Gasteiger partial charge in [0.05, 0.1) is 17.6 Å². The predicted molar refractivity (Wildman–Crippen MR) is 87.5 cm³/mol. The number of phenols is 1. The average Bonchev–Trinajstić information content (AvgIpc) is 2.81. The Morgan fingerprint density at radius 2 is 2.04 bits per heavy atom. The number of aromatic hydroxyl groups is 1. The normalized spacial score (nSPS) is 34.2. The third kappa shape index (κ3) is 2.56. The molecule has 5 atom stereocenters. The van der Waals surface area contributed by atoms with Gasteiger partial charge in [-0.1, -0.05) is 6.07 Å². The third-order valence-corrected chi connectivity index (χ3v) is 6.12. The first-order chi connectivity index (χ1) is 11.2. The molecule has 2 aliphatic rings. The summed E-state index contributed by atoms with van der Waals surface area (Å²) in [4.78, 5) is 24.8. The largest absolute Gasteiger partial charge is 0.508 e. The van der Waals surface area contributed by atoms with E-state index in [1.807, 2.05) is 6.92 Å². The molecular weight excluding hydrogens is 308 g/mol. The molecule has 0 spiro atoms. The molecule has 0 saturated heterocycles. The minimum atomic E-state index is -0.962. The van der Waals surface area contributed by atoms with Crippen LogP contribution in [-0.2, 0) is 16.0 Å². The fourth-order valence-electron chi connectivity index (χ4n) is 4.52. The Hall–Kier alpha value is -1.72. The van der Waals surface area contributed by atoms with Crippen LogP contribution in [0.2, 0.25) is 0 Å². The zero-order valence-corrected chi connectivity index (χ0v) is 14.0. The van der Waals surface area contributed by atoms with Gasteiger partial charge < -0.3 is 15.3 Å². The summed E-state index contributed by atoms with van der Waals surface area (Å²) in [6, 6.07) is 4.95. The minimum Gasteiger partial charge on any atom is -0.508 e. The second-order valence-electron chi connectivity index (χ2n) is 7.45. The van der Waals surface area contributed by atoms with Gasteiger partial charge in [0.25, 0.3) is 0 Å². The van der Waals surface area contributed by atoms with Crippen LogP contribution in [0.15, 0.2) is 18.2 Å². The highest BCUT2D eigenvalue weighted by Gasteiger charge is 2.59. The van der Waals surface area contributed by atoms with Gasteiger partial charge in [0.2, 0.25) is 0 Å². The van der Waals surface area contributed by atoms with Gasteiger partial charge in [0, 0.05) is 18.8 Å². The van der Waals surface area contributed by atoms with Gasteiger partial charge >= 0.3 is 0 Å². The average molecular weight is 332 g/mol. The zero-order chi connectivity index (χ0) is 17.6. The lowest BCUT2D eigenvalue weighted by atomic mass is 9.60. The van der Waals surface area contributed by atoms with Crippen molar-refractivity contribution in [3.8, 4) is 5.75 Å². The standard InChI is InChI=1S/C19H24O5/c1-10-3-4-12(20)7-11(10)8-14(21)18-13-5-6-16(23)19(13,2)17(24)9-15(18)22/h3-4,7,13-14,17-18,20-21,24H,5-6,8-9H2,1-2H3/t13-,14?,17?,18+,19-/m0/s1. The number of carbonyl (C=O) groups excluding carboxylic acids is 2. The first-order valence-corrected chi connectivity index (χ1v) is 8.45. The maximum atomic E-state index is 12.5. The molecule has 0 amide bonds. The summed E-state index contributed by atoms with van der Waals surface area (Å²) in [5.74, 6) is -1.04. The lowest BCUT2D eigenvalue weighted by molar-refractivity contribution is -0.154. The van der Waals surface area contributed by atoms with E-state index in [1.165, 1.54) is 0 Å². The molecule has 0 radical (unpaired) electrons. The highest BCUT2D eigenvalue weighted by atomic mass is 16.3. The van der Waals surface area contributed by atoms with E-state index in [0.717, 1.165) is 11.1 Å². The van der Waals surface area contributed by atoms with Crippen LogP contribution in [0, 0.1) is 24.2 Å². The molecule has 1 aromatic rings. The lowest BCUT2D eigenvalue weighted by Crippen LogP contribution is -2.54. The van der Waals surface area contributed by atoms with Crippen molar-refractivity contribution in [3.63, 3.8) is 0 Å². The minimum absolute atomic E-state index is 0.0155. The highest BCUT2D eigenvalue weighted by molar-refractivity contribution is 5.93. The number of benzene rings is 1. The van der Waals surface area contributed by atoms with E-state index in [1.54, 1.807) is 25.1 Å². The maximum Gasteiger partial charge on any atom is 0.141 e. The first-order valence-electron chi connectivity index (χ1n) is 8.45. The lowest BCUT2D eigenvalue weighted by Gasteiger charge is -2.44. The fourth-order valence-corrected chi connectivity index (χ4v) is 4.52. The molecule has 0 aliphatic heterocycles. The van der Waals surface area contributed by atoms with Crippen molar-refractivity contribution in [1.29, 1.82) is 0 Å². The number of ketones is 2. The SMILES string of the molecule is Cc1ccc(O)cc1CC(O)[C@@H]1C(=O)CC(O)[C@]2(C)C(=O)CC[C@@H]12. The summed E-state index contributed by atoms with van der Waals surface area (Å²) in [5.41, 5.74) is 0.779. The highest BCUT2D eigenvalue weighted by Crippen LogP contribution is 2.52. The van der Waals surface area contributed by atoms with Crippen LogP contribution < -0.4 is 0 Å². The molecule has 2 aliphatic carbocycles. The number of Topliss-reactive ketones (excluding diaryl/α,β-unsaturated/α-hetero) is 2. The maximum absolute atomic E-state index is 12.5. The zero-order valence-electron chi connectivity index (χ0n) is 14.0. The van der Waals surface area contributed by atoms with E-state index in [-0.39, 0.29) is 36.1 Å². The quantitative estimate of drug-likeness (QED) is 0.780. The molecule has 2 unspecified atom stereocenters. The molecule has 2 fully saturated rings. The van der Waals surface area contributed by atoms with Gasteiger partial charge in [-0.25, -0.2) is 0 Å². The van der Waals surface area contributed by atoms with Gasteiger partial charge in [0.1, 0.15) is 17.3 Å². The molecule has 5 heteroatoms. The van der Waals surface area contributed by atoms with Crippen LogP contribution in [-0.4, -0.2) is 39.1 Å². The second kappa shape index (κ2) is 5.97. The van der Waals surface area contributed by atoms with Crippen molar-refractivity contribution in [1.82, 2.24) is 0 Å². The Morgan fingerprint density at radius 1 is 1.33 bits per heavy atom. The van der Waals surface area contributed by atoms with Crippen molar-refractivity contribution < 1.29 is 24.9 Å². The number of rotatable bonds is 3. The van der Waals surface area contributed by atoms with E-state index in [9.17, 15) is 24.9 Å². The number of carbonyl (C=O) groups is 2. The Bertz CT molecular complexity index is 682. The molecule has 130 valence electrons. The topological polar surface area (TPSA) is 94.8 Å². The van der Waals surface area contributed by atoms with Crippen LogP contribution in [0.4, 0.5) is 0 Å². The molecule has 0 bridgehead atoms. The number of hydrogen-bond donors (Lipinski definition) is 3. The molecule has 3 N–H and O–H groups in total. The molecule has 0 heterocycles. The Morgan fingerprint density at radius 3 is 2.75 bits per heavy atom. The van der Waals surface area contributed by atoms with E-state index in [2.05, 4.69) is 0 Å². The summed E-state index contributed by atoms with van der Waals surface area (Å²) in [6.07, 6.45) is -0.858. The van der Waals surface area contributed by atoms with Gasteiger partial charge in [-0.3, -0.25) is 9.59 Å². The van der Waals surface area contributed by atoms with E-state index >= 15 is 0 Å². The van der Waals surface area contributed by atoms with Crippen molar-refractivity contribution in [2.24, 2.45) is 17.3 Å². The van der Waals surface area contributed by atoms with Crippen LogP contribution in [0.25, 0.3) is 0 Å². The number of phenolic OH excluding ortho intramolecular Hbond substituents is 1. The smallest absolute Gasteiger partial charge is 0.141 e. The van der Waals surface area contributed by atoms with Gasteiger partial charge in [-0.15, -0.1) is 0 Å². The third-order valence-electron chi connectivity index (χ3n) is 6.12. The molecule has 24 heavy (non-hydrogen) atoms. The van der Waals surface area contributed by atoms with Crippen LogP contribution in [0.1, 0.15) is 37.3 Å². The predicted octanol–water partition coefficient (Wildman–Crippen LogP) is 1.54. The van der Waals surface area contributed by atoms with Crippen LogP contribution in [0.3, 0.4) is 0 Å². The second-order valence-corrected chi connectivity index (χ2v) is 7.45. The van der Waals surface area contributed by atoms with E-state index in [0.29, 0.717) is 12.8 Å². The molecule has 5 nitrogen and oxygen atoms in total. The molecule has 1 aromatic carbocycles. The Labute approximate surface area is 141 Å². The summed E-state index contributed by atoms with van der Waals surface area (Å²) in [6.45, 7) is 3.61. The van der Waals surface area contributed by atoms with Crippen molar-refractivity contribution >= 4 is 11.6 Å². The summed E-state index contributed by atoms with van der Waals surface area (Å²) in [7, 11) is 0. The fraction of sp³-hybridized carbons (Fsp3) is 0.579. The Balaban J connectivity index is 1.88.